The third-order valence-electron chi connectivity index (χ3n) is 3.10. The molecule has 0 heterocycles. The predicted molar refractivity (Wildman–Crippen MR) is 66.9 cm³/mol. The van der Waals surface area contributed by atoms with Gasteiger partial charge in [0.2, 0.25) is 0 Å². The average molecular weight is 234 g/mol. The lowest BCUT2D eigenvalue weighted by Crippen LogP contribution is -2.37. The topological polar surface area (TPSA) is 35.8 Å². The maximum Gasteiger partial charge on any atom is 0.145 e. The predicted octanol–water partition coefficient (Wildman–Crippen LogP) is 3.22. The fourth-order valence-electron chi connectivity index (χ4n) is 1.37. The van der Waals surface area contributed by atoms with Crippen LogP contribution in [0.5, 0.6) is 0 Å². The molecule has 3 heteroatoms. The van der Waals surface area contributed by atoms with Crippen molar-refractivity contribution in [3.8, 4) is 6.07 Å². The van der Waals surface area contributed by atoms with Crippen LogP contribution >= 0.6 is 0 Å². The molecule has 0 spiro atoms. The van der Waals surface area contributed by atoms with E-state index in [1.165, 1.54) is 6.07 Å². The second kappa shape index (κ2) is 5.29. The van der Waals surface area contributed by atoms with Gasteiger partial charge in [0.25, 0.3) is 0 Å². The first kappa shape index (κ1) is 13.7. The van der Waals surface area contributed by atoms with E-state index in [1.807, 2.05) is 6.07 Å². The third kappa shape index (κ3) is 3.54. The highest BCUT2D eigenvalue weighted by Crippen LogP contribution is 2.19. The van der Waals surface area contributed by atoms with Gasteiger partial charge in [0.05, 0.1) is 5.56 Å². The van der Waals surface area contributed by atoms with E-state index in [1.54, 1.807) is 12.1 Å². The minimum absolute atomic E-state index is 0.104. The number of halogens is 1. The summed E-state index contributed by atoms with van der Waals surface area (Å²) in [5, 5.41) is 12.0. The molecule has 1 N–H and O–H groups in total. The molecule has 1 aromatic carbocycles. The maximum absolute atomic E-state index is 13.8. The highest BCUT2D eigenvalue weighted by Gasteiger charge is 2.19. The van der Waals surface area contributed by atoms with Gasteiger partial charge in [0, 0.05) is 18.2 Å². The number of rotatable bonds is 3. The molecule has 0 aliphatic rings. The summed E-state index contributed by atoms with van der Waals surface area (Å²) in [5.41, 5.74) is 0.774. The maximum atomic E-state index is 13.8. The smallest absolute Gasteiger partial charge is 0.145 e. The van der Waals surface area contributed by atoms with Crippen molar-refractivity contribution < 1.29 is 4.39 Å². The summed E-state index contributed by atoms with van der Waals surface area (Å²) in [7, 11) is 0. The van der Waals surface area contributed by atoms with Gasteiger partial charge in [-0.2, -0.15) is 5.26 Å². The molecule has 0 aliphatic heterocycles. The fourth-order valence-corrected chi connectivity index (χ4v) is 1.37. The van der Waals surface area contributed by atoms with Gasteiger partial charge in [-0.05, 0) is 18.4 Å². The van der Waals surface area contributed by atoms with E-state index in [2.05, 4.69) is 33.0 Å². The summed E-state index contributed by atoms with van der Waals surface area (Å²) in [5.74, 6) is -0.413. The Morgan fingerprint density at radius 3 is 2.59 bits per heavy atom. The van der Waals surface area contributed by atoms with Crippen LogP contribution in [0, 0.1) is 22.6 Å². The Bertz CT molecular complexity index is 427. The Hall–Kier alpha value is -1.40. The molecular formula is C14H19FN2. The summed E-state index contributed by atoms with van der Waals surface area (Å²) in [6, 6.07) is 7.03. The molecule has 0 amide bonds. The summed E-state index contributed by atoms with van der Waals surface area (Å²) in [6.45, 7) is 8.91. The number of hydrogen-bond acceptors (Lipinski definition) is 2. The number of hydrogen-bond donors (Lipinski definition) is 1. The molecule has 1 aromatic rings. The zero-order valence-corrected chi connectivity index (χ0v) is 10.8. The van der Waals surface area contributed by atoms with Crippen LogP contribution in [-0.4, -0.2) is 6.04 Å². The Labute approximate surface area is 102 Å². The number of nitrogens with one attached hydrogen (secondary N) is 1. The van der Waals surface area contributed by atoms with Gasteiger partial charge in [-0.15, -0.1) is 0 Å². The van der Waals surface area contributed by atoms with Crippen molar-refractivity contribution in [2.45, 2.75) is 40.3 Å². The SMILES string of the molecule is CC(NCc1cccc(C#N)c1F)C(C)(C)C. The van der Waals surface area contributed by atoms with Crippen molar-refractivity contribution >= 4 is 0 Å². The molecule has 0 aromatic heterocycles. The molecule has 0 saturated heterocycles. The van der Waals surface area contributed by atoms with Crippen LogP contribution < -0.4 is 5.32 Å². The minimum atomic E-state index is -0.413. The van der Waals surface area contributed by atoms with Crippen molar-refractivity contribution in [3.05, 3.63) is 35.1 Å². The molecule has 0 saturated carbocycles. The van der Waals surface area contributed by atoms with Gasteiger partial charge in [-0.1, -0.05) is 32.9 Å². The highest BCUT2D eigenvalue weighted by molar-refractivity contribution is 5.34. The number of nitriles is 1. The molecule has 0 aliphatic carbocycles. The van der Waals surface area contributed by atoms with E-state index in [-0.39, 0.29) is 17.0 Å². The van der Waals surface area contributed by atoms with E-state index < -0.39 is 5.82 Å². The molecule has 92 valence electrons. The summed E-state index contributed by atoms with van der Waals surface area (Å²) in [4.78, 5) is 0. The Kier molecular flexibility index (Phi) is 4.25. The zero-order chi connectivity index (χ0) is 13.1. The lowest BCUT2D eigenvalue weighted by atomic mass is 9.88. The molecule has 0 bridgehead atoms. The molecular weight excluding hydrogens is 215 g/mol. The van der Waals surface area contributed by atoms with Crippen LogP contribution in [0.25, 0.3) is 0 Å². The third-order valence-corrected chi connectivity index (χ3v) is 3.10. The fraction of sp³-hybridized carbons (Fsp3) is 0.500. The van der Waals surface area contributed by atoms with Crippen molar-refractivity contribution in [3.63, 3.8) is 0 Å². The Balaban J connectivity index is 2.74. The molecule has 1 atom stereocenters. The van der Waals surface area contributed by atoms with Crippen molar-refractivity contribution in [2.75, 3.05) is 0 Å². The van der Waals surface area contributed by atoms with Crippen molar-refractivity contribution in [2.24, 2.45) is 5.41 Å². The van der Waals surface area contributed by atoms with Crippen molar-refractivity contribution in [1.82, 2.24) is 5.32 Å². The first-order chi connectivity index (χ1) is 7.86. The zero-order valence-electron chi connectivity index (χ0n) is 10.8. The summed E-state index contributed by atoms with van der Waals surface area (Å²) >= 11 is 0. The van der Waals surface area contributed by atoms with E-state index in [4.69, 9.17) is 5.26 Å². The van der Waals surface area contributed by atoms with Crippen LogP contribution in [0.15, 0.2) is 18.2 Å². The summed E-state index contributed by atoms with van der Waals surface area (Å²) < 4.78 is 13.8. The first-order valence-corrected chi connectivity index (χ1v) is 5.77. The average Bonchev–Trinajstić information content (AvgIpc) is 2.26. The van der Waals surface area contributed by atoms with Gasteiger partial charge >= 0.3 is 0 Å². The molecule has 1 unspecified atom stereocenters. The molecule has 0 radical (unpaired) electrons. The lowest BCUT2D eigenvalue weighted by molar-refractivity contribution is 0.284. The van der Waals surface area contributed by atoms with Crippen molar-refractivity contribution in [1.29, 1.82) is 5.26 Å². The van der Waals surface area contributed by atoms with E-state index >= 15 is 0 Å². The van der Waals surface area contributed by atoms with Crippen LogP contribution in [0.3, 0.4) is 0 Å². The van der Waals surface area contributed by atoms with Crippen LogP contribution in [0.2, 0.25) is 0 Å². The van der Waals surface area contributed by atoms with E-state index in [9.17, 15) is 4.39 Å². The second-order valence-corrected chi connectivity index (χ2v) is 5.36. The highest BCUT2D eigenvalue weighted by atomic mass is 19.1. The first-order valence-electron chi connectivity index (χ1n) is 5.77. The van der Waals surface area contributed by atoms with E-state index in [0.717, 1.165) is 0 Å². The second-order valence-electron chi connectivity index (χ2n) is 5.36. The molecule has 2 nitrogen and oxygen atoms in total. The van der Waals surface area contributed by atoms with Crippen LogP contribution in [-0.2, 0) is 6.54 Å². The van der Waals surface area contributed by atoms with Gasteiger partial charge < -0.3 is 5.32 Å². The van der Waals surface area contributed by atoms with Gasteiger partial charge in [-0.25, -0.2) is 4.39 Å². The number of nitrogens with zero attached hydrogens (tertiary/aromatic N) is 1. The lowest BCUT2D eigenvalue weighted by Gasteiger charge is -2.28. The van der Waals surface area contributed by atoms with Gasteiger partial charge in [-0.3, -0.25) is 0 Å². The Morgan fingerprint density at radius 2 is 2.06 bits per heavy atom. The Morgan fingerprint density at radius 1 is 1.41 bits per heavy atom. The standard InChI is InChI=1S/C14H19FN2/c1-10(14(2,3)4)17-9-12-7-5-6-11(8-16)13(12)15/h5-7,10,17H,9H2,1-4H3. The quantitative estimate of drug-likeness (QED) is 0.871. The van der Waals surface area contributed by atoms with Crippen LogP contribution in [0.4, 0.5) is 4.39 Å². The van der Waals surface area contributed by atoms with Gasteiger partial charge in [0.1, 0.15) is 11.9 Å². The molecule has 0 fully saturated rings. The van der Waals surface area contributed by atoms with Crippen LogP contribution in [0.1, 0.15) is 38.8 Å². The largest absolute Gasteiger partial charge is 0.310 e. The minimum Gasteiger partial charge on any atom is -0.310 e. The molecule has 17 heavy (non-hydrogen) atoms. The summed E-state index contributed by atoms with van der Waals surface area (Å²) in [6.07, 6.45) is 0. The monoisotopic (exact) mass is 234 g/mol. The normalized spacial score (nSPS) is 13.2. The number of benzene rings is 1. The van der Waals surface area contributed by atoms with E-state index in [0.29, 0.717) is 12.1 Å². The molecule has 1 rings (SSSR count). The van der Waals surface area contributed by atoms with Gasteiger partial charge in [0.15, 0.2) is 0 Å².